The van der Waals surface area contributed by atoms with Crippen molar-refractivity contribution in [2.24, 2.45) is 35.3 Å². The van der Waals surface area contributed by atoms with Crippen LogP contribution in [0.25, 0.3) is 10.9 Å². The fourth-order valence-electron chi connectivity index (χ4n) is 11.7. The van der Waals surface area contributed by atoms with E-state index in [4.69, 9.17) is 10.5 Å². The highest BCUT2D eigenvalue weighted by molar-refractivity contribution is 7.85. The summed E-state index contributed by atoms with van der Waals surface area (Å²) in [5.41, 5.74) is 6.18. The Hall–Kier alpha value is -6.97. The Labute approximate surface area is 508 Å². The molecule has 26 nitrogen and oxygen atoms in total. The first-order valence-corrected chi connectivity index (χ1v) is 31.8. The van der Waals surface area contributed by atoms with Gasteiger partial charge in [-0.15, -0.1) is 0 Å². The molecule has 2 saturated heterocycles. The Morgan fingerprint density at radius 2 is 1.44 bits per heavy atom. The zero-order valence-electron chi connectivity index (χ0n) is 50.2. The number of likely N-dealkylation sites (tertiary alicyclic amines) is 1. The van der Waals surface area contributed by atoms with Crippen LogP contribution in [0.5, 0.6) is 5.75 Å². The number of imide groups is 1. The van der Waals surface area contributed by atoms with Crippen LogP contribution in [-0.4, -0.2) is 186 Å². The lowest BCUT2D eigenvalue weighted by molar-refractivity contribution is -0.142. The molecule has 2 fully saturated rings. The molecule has 2 bridgehead atoms. The van der Waals surface area contributed by atoms with Gasteiger partial charge in [-0.25, -0.2) is 0 Å². The normalized spacial score (nSPS) is 26.2. The molecule has 4 aliphatic heterocycles. The Bertz CT molecular complexity index is 2900. The molecule has 1 aromatic heterocycles. The van der Waals surface area contributed by atoms with Gasteiger partial charge in [0.15, 0.2) is 11.6 Å². The van der Waals surface area contributed by atoms with E-state index in [2.05, 4.69) is 31.6 Å². The molecule has 4 aliphatic rings. The van der Waals surface area contributed by atoms with Gasteiger partial charge in [0.1, 0.15) is 22.6 Å². The molecule has 0 spiro atoms. The van der Waals surface area contributed by atoms with Crippen LogP contribution in [0.2, 0.25) is 0 Å². The monoisotopic (exact) mass is 1240 g/mol. The molecule has 87 heavy (non-hydrogen) atoms. The van der Waals surface area contributed by atoms with Crippen molar-refractivity contribution in [2.45, 2.75) is 185 Å². The molecule has 12 atom stereocenters. The number of hydrogen-bond acceptors (Lipinski definition) is 17. The van der Waals surface area contributed by atoms with Gasteiger partial charge in [-0.05, 0) is 62.1 Å². The summed E-state index contributed by atoms with van der Waals surface area (Å²) in [7, 11) is -2.34. The smallest absolute Gasteiger partial charge is 0.243 e. The summed E-state index contributed by atoms with van der Waals surface area (Å²) in [6.45, 7) is 4.63. The van der Waals surface area contributed by atoms with Crippen molar-refractivity contribution in [1.29, 1.82) is 0 Å². The molecular formula is C60H87N9O17S. The third-order valence-electron chi connectivity index (χ3n) is 17.0. The number of hydrogen-bond donors (Lipinski definition) is 10. The third kappa shape index (κ3) is 19.5. The summed E-state index contributed by atoms with van der Waals surface area (Å²) in [6, 6.07) is -0.656. The molecule has 5 heterocycles. The number of ketones is 3. The van der Waals surface area contributed by atoms with Gasteiger partial charge >= 0.3 is 0 Å². The Morgan fingerprint density at radius 1 is 0.782 bits per heavy atom. The lowest BCUT2D eigenvalue weighted by Crippen LogP contribution is -2.55. The number of nitrogens with zero attached hydrogens (tertiary/aromatic N) is 2. The van der Waals surface area contributed by atoms with E-state index in [9.17, 15) is 72.9 Å². The van der Waals surface area contributed by atoms with E-state index in [0.29, 0.717) is 68.3 Å². The summed E-state index contributed by atoms with van der Waals surface area (Å²) in [4.78, 5) is 169. The molecule has 4 unspecified atom stereocenters. The van der Waals surface area contributed by atoms with Gasteiger partial charge in [-0.1, -0.05) is 59.8 Å². The van der Waals surface area contributed by atoms with Crippen LogP contribution in [-0.2, 0) is 74.8 Å². The number of rotatable bonds is 22. The van der Waals surface area contributed by atoms with Crippen LogP contribution in [0, 0.1) is 29.6 Å². The Morgan fingerprint density at radius 3 is 2.10 bits per heavy atom. The highest BCUT2D eigenvalue weighted by atomic mass is 32.2. The number of nitrogens with one attached hydrogen (secondary N) is 6. The summed E-state index contributed by atoms with van der Waals surface area (Å²) < 4.78 is 21.3. The topological polar surface area (TPSA) is 400 Å². The number of primary amides is 1. The number of aromatic nitrogens is 1. The van der Waals surface area contributed by atoms with E-state index in [-0.39, 0.29) is 59.9 Å². The fraction of sp³-hybridized carbons (Fsp3) is 0.667. The van der Waals surface area contributed by atoms with Gasteiger partial charge in [-0.2, -0.15) is 0 Å². The van der Waals surface area contributed by atoms with Crippen molar-refractivity contribution in [3.8, 4) is 5.75 Å². The second kappa shape index (κ2) is 32.8. The second-order valence-corrected chi connectivity index (χ2v) is 25.3. The van der Waals surface area contributed by atoms with Gasteiger partial charge in [0.25, 0.3) is 0 Å². The molecule has 0 saturated carbocycles. The number of aliphatic hydroxyl groups excluding tert-OH is 3. The molecule has 480 valence electrons. The third-order valence-corrected chi connectivity index (χ3v) is 18.5. The second-order valence-electron chi connectivity index (χ2n) is 23.8. The average Bonchev–Trinajstić information content (AvgIpc) is 1.78. The highest BCUT2D eigenvalue weighted by Gasteiger charge is 2.43. The van der Waals surface area contributed by atoms with Crippen LogP contribution in [0.15, 0.2) is 23.2 Å². The number of aromatic amines is 1. The molecule has 1 aromatic carbocycles. The number of nitrogens with two attached hydrogens (primary N) is 1. The minimum atomic E-state index is -2.34. The molecule has 0 aliphatic carbocycles. The highest BCUT2D eigenvalue weighted by Crippen LogP contribution is 2.33. The number of H-pyrrole nitrogens is 1. The van der Waals surface area contributed by atoms with Crippen LogP contribution >= 0.6 is 0 Å². The number of amides is 9. The van der Waals surface area contributed by atoms with E-state index in [1.807, 2.05) is 0 Å². The van der Waals surface area contributed by atoms with Crippen LogP contribution in [0.4, 0.5) is 0 Å². The van der Waals surface area contributed by atoms with Gasteiger partial charge in [0.2, 0.25) is 53.2 Å². The molecule has 9 amide bonds. The summed E-state index contributed by atoms with van der Waals surface area (Å²) in [6.07, 6.45) is 1.52. The summed E-state index contributed by atoms with van der Waals surface area (Å²) in [5, 5.41) is 44.9. The fourth-order valence-corrected chi connectivity index (χ4v) is 13.1. The number of Topliss-reactive ketones (excluding diaryl/α,β-unsaturated/α-hetero) is 3. The molecule has 0 radical (unpaired) electrons. The van der Waals surface area contributed by atoms with E-state index in [1.165, 1.54) is 11.8 Å². The maximum Gasteiger partial charge on any atom is 0.243 e. The standard InChI is InChI=1S/C60H87N9O17S/c1-5-33(2)54-57(82)63-28-51(78)64-45-32-87(85)58-43(42-17-16-41(27-44(42)65-58)86-19-13-8-6-7-10-14-39(71)15-11-9-12-18-68-53(80)20-34(3)59(68)83)21-36(56(81)62-29-52(79)67-54)22-47(74)55(35(4)48(75)31-70)66-50(77)26-38-25-40(72)30-69(38)60(84)37(23-46(45)73)24-49(61)76/h16-17,27,33-38,40,45,48,54-55,65,70,72,75H,5-15,18-26,28-32H2,1-4H3,(H2,61,76)(H,62,81)(H,63,82)(H,64,78)(H,66,77)(H,67,79)/t33-,34?,35-,36?,37-,38-,40+,45-,48-,54?,55-,87?/m0/s1. The van der Waals surface area contributed by atoms with Crippen molar-refractivity contribution >= 4 is 92.2 Å². The first-order chi connectivity index (χ1) is 41.4. The minimum absolute atomic E-state index is 0.0606. The Balaban J connectivity index is 1.29. The number of fused-ring (bicyclic) bond motifs is 5. The van der Waals surface area contributed by atoms with Crippen molar-refractivity contribution < 1.29 is 81.8 Å². The lowest BCUT2D eigenvalue weighted by Gasteiger charge is -2.31. The molecule has 6 rings (SSSR count). The number of aliphatic hydroxyl groups is 3. The van der Waals surface area contributed by atoms with Gasteiger partial charge in [0.05, 0.1) is 78.6 Å². The van der Waals surface area contributed by atoms with E-state index in [0.717, 1.165) is 37.0 Å². The largest absolute Gasteiger partial charge is 0.494 e. The summed E-state index contributed by atoms with van der Waals surface area (Å²) in [5.74, 6) is -13.1. The molecule has 27 heteroatoms. The maximum atomic E-state index is 15.1. The van der Waals surface area contributed by atoms with E-state index < -0.39 is 175 Å². The zero-order valence-corrected chi connectivity index (χ0v) is 51.0. The molecule has 2 aromatic rings. The van der Waals surface area contributed by atoms with Crippen molar-refractivity contribution in [3.05, 3.63) is 23.8 Å². The number of carbonyl (C=O) groups excluding carboxylic acids is 12. The lowest BCUT2D eigenvalue weighted by atomic mass is 9.85. The number of benzene rings is 1. The number of ether oxygens (including phenoxy) is 1. The van der Waals surface area contributed by atoms with Crippen LogP contribution < -0.4 is 37.1 Å². The number of unbranched alkanes of at least 4 members (excludes halogenated alkanes) is 6. The Kier molecular flexibility index (Phi) is 26.1. The molecular weight excluding hydrogens is 1150 g/mol. The first-order valence-electron chi connectivity index (χ1n) is 30.5. The average molecular weight is 1240 g/mol. The van der Waals surface area contributed by atoms with Crippen molar-refractivity contribution in [2.75, 3.05) is 45.1 Å². The number of carbonyl (C=O) groups is 12. The SMILES string of the molecule is CC[C@H](C)C1NC(=O)CNC(=O)C2CC(=O)[C@H]([C@@H](C)[C@@H](O)CO)NC(=O)C[C@@H]3C[C@@H](O)CN3C(=O)[C@H](CC(N)=O)CC(=O)[C@H](CS(=O)c3[nH]c4cc(OCCCCCCCC(=O)CCCCCN5C(=O)CC(C)C5=O)ccc4c3C2)NC(=O)CNC1=O. The maximum absolute atomic E-state index is 15.1. The van der Waals surface area contributed by atoms with Crippen LogP contribution in [0.3, 0.4) is 0 Å². The quantitative estimate of drug-likeness (QED) is 0.0556. The van der Waals surface area contributed by atoms with Crippen molar-refractivity contribution in [1.82, 2.24) is 41.4 Å². The van der Waals surface area contributed by atoms with Crippen LogP contribution in [0.1, 0.15) is 142 Å². The first kappa shape index (κ1) is 69.1. The predicted octanol–water partition coefficient (Wildman–Crippen LogP) is 0.189. The van der Waals surface area contributed by atoms with Gasteiger partial charge in [-0.3, -0.25) is 66.6 Å². The predicted molar refractivity (Wildman–Crippen MR) is 315 cm³/mol. The van der Waals surface area contributed by atoms with Gasteiger partial charge in [0, 0.05) is 93.3 Å². The van der Waals surface area contributed by atoms with E-state index >= 15 is 4.21 Å². The van der Waals surface area contributed by atoms with E-state index in [1.54, 1.807) is 39.0 Å². The summed E-state index contributed by atoms with van der Waals surface area (Å²) >= 11 is 0. The van der Waals surface area contributed by atoms with Gasteiger partial charge < -0.3 is 62.3 Å². The zero-order chi connectivity index (χ0) is 63.6. The minimum Gasteiger partial charge on any atom is -0.494 e. The molecule has 11 N–H and O–H groups in total. The van der Waals surface area contributed by atoms with Crippen molar-refractivity contribution in [3.63, 3.8) is 0 Å².